The van der Waals surface area contributed by atoms with E-state index in [4.69, 9.17) is 10.2 Å². The van der Waals surface area contributed by atoms with E-state index in [1.165, 1.54) is 0 Å². The van der Waals surface area contributed by atoms with Gasteiger partial charge in [-0.05, 0) is 6.42 Å². The number of aliphatic hydroxyl groups is 6. The van der Waals surface area contributed by atoms with Gasteiger partial charge in [-0.15, -0.1) is 0 Å². The largest absolute Gasteiger partial charge is 0.479 e. The highest BCUT2D eigenvalue weighted by molar-refractivity contribution is 5.77. The van der Waals surface area contributed by atoms with Crippen LogP contribution < -0.4 is 0 Å². The number of rotatable bonds is 4. The molecule has 1 rings (SSSR count). The van der Waals surface area contributed by atoms with Crippen molar-refractivity contribution in [1.29, 1.82) is 0 Å². The number of hydrogen-bond acceptors (Lipinski definition) is 7. The van der Waals surface area contributed by atoms with Crippen LogP contribution in [-0.4, -0.2) is 78.3 Å². The van der Waals surface area contributed by atoms with E-state index < -0.39 is 61.4 Å². The van der Waals surface area contributed by atoms with Crippen molar-refractivity contribution in [2.75, 3.05) is 6.61 Å². The Morgan fingerprint density at radius 1 is 1.28 bits per heavy atom. The first kappa shape index (κ1) is 15.3. The predicted octanol–water partition coefficient (Wildman–Crippen LogP) is -3.35. The predicted molar refractivity (Wildman–Crippen MR) is 56.4 cm³/mol. The van der Waals surface area contributed by atoms with Crippen LogP contribution in [0.1, 0.15) is 12.8 Å². The van der Waals surface area contributed by atoms with Crippen molar-refractivity contribution < 1.29 is 40.5 Å². The molecule has 8 nitrogen and oxygen atoms in total. The summed E-state index contributed by atoms with van der Waals surface area (Å²) in [7, 11) is 0. The van der Waals surface area contributed by atoms with Gasteiger partial charge in [0.2, 0.25) is 0 Å². The first-order valence-electron chi connectivity index (χ1n) is 5.52. The summed E-state index contributed by atoms with van der Waals surface area (Å²) < 4.78 is 0. The Morgan fingerprint density at radius 3 is 2.28 bits per heavy atom. The highest BCUT2D eigenvalue weighted by Crippen LogP contribution is 2.35. The summed E-state index contributed by atoms with van der Waals surface area (Å²) in [6.07, 6.45) is -7.36. The molecule has 0 radical (unpaired) electrons. The third kappa shape index (κ3) is 2.79. The fourth-order valence-electron chi connectivity index (χ4n) is 2.24. The van der Waals surface area contributed by atoms with Gasteiger partial charge in [0.25, 0.3) is 0 Å². The summed E-state index contributed by atoms with van der Waals surface area (Å²) in [6.45, 7) is -0.786. The van der Waals surface area contributed by atoms with Crippen molar-refractivity contribution in [2.45, 2.75) is 42.9 Å². The first-order chi connectivity index (χ1) is 8.23. The molecule has 0 bridgehead atoms. The second-order valence-electron chi connectivity index (χ2n) is 4.71. The lowest BCUT2D eigenvalue weighted by Crippen LogP contribution is -2.58. The Bertz CT molecular complexity index is 308. The summed E-state index contributed by atoms with van der Waals surface area (Å²) in [4.78, 5) is 10.9. The maximum Gasteiger partial charge on any atom is 0.335 e. The van der Waals surface area contributed by atoms with Crippen LogP contribution in [0.3, 0.4) is 0 Å². The summed E-state index contributed by atoms with van der Waals surface area (Å²) in [6, 6.07) is 0. The summed E-state index contributed by atoms with van der Waals surface area (Å²) in [5.74, 6) is -2.83. The van der Waals surface area contributed by atoms with Gasteiger partial charge in [-0.2, -0.15) is 0 Å². The van der Waals surface area contributed by atoms with Crippen LogP contribution in [-0.2, 0) is 4.79 Å². The molecular formula is C10H18O8. The molecule has 6 atom stereocenters. The number of aliphatic carboxylic acids is 1. The van der Waals surface area contributed by atoms with Crippen molar-refractivity contribution >= 4 is 5.97 Å². The summed E-state index contributed by atoms with van der Waals surface area (Å²) >= 11 is 0. The van der Waals surface area contributed by atoms with Gasteiger partial charge in [0, 0.05) is 12.3 Å². The highest BCUT2D eigenvalue weighted by Gasteiger charge is 2.51. The van der Waals surface area contributed by atoms with E-state index in [0.29, 0.717) is 0 Å². The third-order valence-electron chi connectivity index (χ3n) is 3.37. The lowest BCUT2D eigenvalue weighted by Gasteiger charge is -2.42. The quantitative estimate of drug-likeness (QED) is 0.278. The third-order valence-corrected chi connectivity index (χ3v) is 3.37. The number of carboxylic acid groups (broad SMARTS) is 1. The van der Waals surface area contributed by atoms with Crippen LogP contribution in [0.2, 0.25) is 0 Å². The molecule has 106 valence electrons. The van der Waals surface area contributed by atoms with Crippen LogP contribution in [0.5, 0.6) is 0 Å². The molecule has 0 saturated heterocycles. The van der Waals surface area contributed by atoms with Crippen molar-refractivity contribution in [3.05, 3.63) is 0 Å². The lowest BCUT2D eigenvalue weighted by atomic mass is 9.71. The second kappa shape index (κ2) is 5.47. The van der Waals surface area contributed by atoms with E-state index in [1.54, 1.807) is 0 Å². The van der Waals surface area contributed by atoms with Crippen molar-refractivity contribution in [3.63, 3.8) is 0 Å². The number of carbonyl (C=O) groups is 1. The number of hydrogen-bond donors (Lipinski definition) is 7. The molecule has 7 N–H and O–H groups in total. The van der Waals surface area contributed by atoms with E-state index in [9.17, 15) is 30.3 Å². The molecule has 1 fully saturated rings. The molecule has 0 heterocycles. The zero-order chi connectivity index (χ0) is 14.1. The Balaban J connectivity index is 2.92. The number of carboxylic acids is 1. The maximum absolute atomic E-state index is 10.9. The second-order valence-corrected chi connectivity index (χ2v) is 4.71. The van der Waals surface area contributed by atoms with Gasteiger partial charge >= 0.3 is 5.97 Å². The van der Waals surface area contributed by atoms with Gasteiger partial charge in [0.15, 0.2) is 5.60 Å². The van der Waals surface area contributed by atoms with E-state index in [0.717, 1.165) is 0 Å². The Kier molecular flexibility index (Phi) is 4.65. The first-order valence-corrected chi connectivity index (χ1v) is 5.52. The van der Waals surface area contributed by atoms with Gasteiger partial charge in [-0.1, -0.05) is 0 Å². The molecule has 0 spiro atoms. The average Bonchev–Trinajstić information content (AvgIpc) is 2.31. The SMILES string of the molecule is O=C(O)[C@@]1(O)C[C@@H](O)[C@H](O)[C@H](C(O)C(O)CO)C1. The average molecular weight is 266 g/mol. The monoisotopic (exact) mass is 266 g/mol. The topological polar surface area (TPSA) is 159 Å². The van der Waals surface area contributed by atoms with Gasteiger partial charge in [-0.25, -0.2) is 4.79 Å². The van der Waals surface area contributed by atoms with E-state index in [2.05, 4.69) is 0 Å². The van der Waals surface area contributed by atoms with Crippen molar-refractivity contribution in [3.8, 4) is 0 Å². The molecule has 0 amide bonds. The molecule has 0 aromatic rings. The van der Waals surface area contributed by atoms with Gasteiger partial charge < -0.3 is 35.7 Å². The smallest absolute Gasteiger partial charge is 0.335 e. The molecule has 0 aromatic heterocycles. The lowest BCUT2D eigenvalue weighted by molar-refractivity contribution is -0.192. The van der Waals surface area contributed by atoms with Crippen LogP contribution >= 0.6 is 0 Å². The summed E-state index contributed by atoms with van der Waals surface area (Å²) in [5.41, 5.74) is -2.28. The van der Waals surface area contributed by atoms with Gasteiger partial charge in [-0.3, -0.25) is 0 Å². The summed E-state index contributed by atoms with van der Waals surface area (Å²) in [5, 5.41) is 65.4. The minimum absolute atomic E-state index is 0.529. The zero-order valence-corrected chi connectivity index (χ0v) is 9.55. The minimum Gasteiger partial charge on any atom is -0.479 e. The van der Waals surface area contributed by atoms with Crippen LogP contribution in [0.15, 0.2) is 0 Å². The molecule has 0 aromatic carbocycles. The maximum atomic E-state index is 10.9. The molecule has 18 heavy (non-hydrogen) atoms. The molecule has 1 aliphatic rings. The van der Waals surface area contributed by atoms with Crippen molar-refractivity contribution in [2.24, 2.45) is 5.92 Å². The Hall–Kier alpha value is -0.770. The standard InChI is InChI=1S/C10H18O8/c11-3-6(13)8(15)4-1-10(18,9(16)17)2-5(12)7(4)14/h4-8,11-15,18H,1-3H2,(H,16,17)/t4-,5-,6?,7-,8?,10+/m1/s1. The Morgan fingerprint density at radius 2 is 1.83 bits per heavy atom. The van der Waals surface area contributed by atoms with E-state index >= 15 is 0 Å². The van der Waals surface area contributed by atoms with Crippen molar-refractivity contribution in [1.82, 2.24) is 0 Å². The van der Waals surface area contributed by atoms with Crippen LogP contribution in [0.25, 0.3) is 0 Å². The van der Waals surface area contributed by atoms with Crippen LogP contribution in [0.4, 0.5) is 0 Å². The molecular weight excluding hydrogens is 248 g/mol. The normalized spacial score (nSPS) is 40.2. The Labute approximate surface area is 103 Å². The van der Waals surface area contributed by atoms with E-state index in [1.807, 2.05) is 0 Å². The fourth-order valence-corrected chi connectivity index (χ4v) is 2.24. The highest BCUT2D eigenvalue weighted by atomic mass is 16.4. The fraction of sp³-hybridized carbons (Fsp3) is 0.900. The number of aliphatic hydroxyl groups excluding tert-OH is 5. The molecule has 1 saturated carbocycles. The van der Waals surface area contributed by atoms with Gasteiger partial charge in [0.05, 0.1) is 24.9 Å². The molecule has 0 aliphatic heterocycles. The van der Waals surface area contributed by atoms with Crippen LogP contribution in [0, 0.1) is 5.92 Å². The molecule has 1 aliphatic carbocycles. The minimum atomic E-state index is -2.28. The zero-order valence-electron chi connectivity index (χ0n) is 9.55. The van der Waals surface area contributed by atoms with Gasteiger partial charge in [0.1, 0.15) is 6.10 Å². The molecule has 8 heteroatoms. The van der Waals surface area contributed by atoms with E-state index in [-0.39, 0.29) is 0 Å². The molecule has 2 unspecified atom stereocenters.